The Hall–Kier alpha value is -1.87. The lowest BCUT2D eigenvalue weighted by Gasteiger charge is -2.55. The number of phenols is 1. The van der Waals surface area contributed by atoms with Crippen LogP contribution in [0.1, 0.15) is 68.1 Å². The predicted molar refractivity (Wildman–Crippen MR) is 117 cm³/mol. The van der Waals surface area contributed by atoms with E-state index >= 15 is 4.39 Å². The fourth-order valence-electron chi connectivity index (χ4n) is 7.64. The van der Waals surface area contributed by atoms with Crippen LogP contribution in [0.2, 0.25) is 0 Å². The van der Waals surface area contributed by atoms with Crippen LogP contribution in [0, 0.1) is 23.2 Å². The molecule has 3 heteroatoms. The molecule has 8 atom stereocenters. The molecule has 160 valence electrons. The summed E-state index contributed by atoms with van der Waals surface area (Å²) in [6.45, 7) is 4.42. The number of rotatable bonds is 3. The highest BCUT2D eigenvalue weighted by Gasteiger charge is 2.62. The summed E-state index contributed by atoms with van der Waals surface area (Å²) in [5.74, 6) is 1.03. The van der Waals surface area contributed by atoms with Crippen LogP contribution in [0.3, 0.4) is 0 Å². The van der Waals surface area contributed by atoms with E-state index in [2.05, 4.69) is 38.1 Å². The van der Waals surface area contributed by atoms with Crippen LogP contribution >= 0.6 is 0 Å². The Morgan fingerprint density at radius 1 is 1.10 bits per heavy atom. The molecule has 5 rings (SSSR count). The number of halogens is 1. The number of phenolic OH excluding ortho intramolecular Hbond substituents is 1. The molecule has 2 nitrogen and oxygen atoms in total. The Kier molecular flexibility index (Phi) is 4.93. The van der Waals surface area contributed by atoms with Crippen molar-refractivity contribution in [3.05, 3.63) is 65.2 Å². The van der Waals surface area contributed by atoms with Crippen LogP contribution in [-0.2, 0) is 6.42 Å². The molecule has 0 aliphatic heterocycles. The van der Waals surface area contributed by atoms with Gasteiger partial charge in [-0.05, 0) is 83.6 Å². The Bertz CT molecular complexity index is 912. The Labute approximate surface area is 179 Å². The zero-order valence-corrected chi connectivity index (χ0v) is 18.0. The van der Waals surface area contributed by atoms with Crippen LogP contribution in [0.25, 0.3) is 0 Å². The second-order valence-corrected chi connectivity index (χ2v) is 10.3. The fraction of sp³-hybridized carbons (Fsp3) is 0.556. The van der Waals surface area contributed by atoms with Gasteiger partial charge in [-0.1, -0.05) is 56.7 Å². The number of hydrogen-bond acceptors (Lipinski definition) is 2. The monoisotopic (exact) mass is 408 g/mol. The first-order chi connectivity index (χ1) is 14.4. The van der Waals surface area contributed by atoms with Crippen LogP contribution in [0.5, 0.6) is 5.75 Å². The molecule has 0 radical (unpaired) electrons. The van der Waals surface area contributed by atoms with Crippen LogP contribution in [0.15, 0.2) is 48.5 Å². The van der Waals surface area contributed by atoms with Crippen molar-refractivity contribution in [1.29, 1.82) is 0 Å². The molecule has 2 fully saturated rings. The summed E-state index contributed by atoms with van der Waals surface area (Å²) < 4.78 is 16.0. The zero-order chi connectivity index (χ0) is 21.0. The lowest BCUT2D eigenvalue weighted by atomic mass is 9.50. The summed E-state index contributed by atoms with van der Waals surface area (Å²) in [6.07, 6.45) is 2.87. The highest BCUT2D eigenvalue weighted by atomic mass is 19.1. The standard InChI is InChI=1S/C27H33FO2/c1-3-7-20-23(30)15-27(2)14-22(28)24-19-11-10-18(29)12-17(19)13-21(25(24)26(20)27)16-8-5-4-6-9-16/h4-6,8-12,20-26,29-30H,3,7,13-15H2,1-2H3/t20-,21-,22-,23-,24-,25+,26-,27+/m0/s1. The normalized spacial score (nSPS) is 39.8. The van der Waals surface area contributed by atoms with E-state index in [0.717, 1.165) is 36.8 Å². The van der Waals surface area contributed by atoms with Crippen molar-refractivity contribution in [1.82, 2.24) is 0 Å². The third-order valence-corrected chi connectivity index (χ3v) is 8.56. The van der Waals surface area contributed by atoms with Gasteiger partial charge in [-0.2, -0.15) is 0 Å². The molecule has 2 aromatic carbocycles. The van der Waals surface area contributed by atoms with Gasteiger partial charge < -0.3 is 10.2 Å². The summed E-state index contributed by atoms with van der Waals surface area (Å²) in [6, 6.07) is 16.0. The maximum absolute atomic E-state index is 16.0. The van der Waals surface area contributed by atoms with Crippen molar-refractivity contribution in [3.63, 3.8) is 0 Å². The number of alkyl halides is 1. The molecule has 3 aliphatic carbocycles. The van der Waals surface area contributed by atoms with Crippen LogP contribution in [-0.4, -0.2) is 22.5 Å². The first-order valence-corrected chi connectivity index (χ1v) is 11.6. The number of aliphatic hydroxyl groups is 1. The topological polar surface area (TPSA) is 40.5 Å². The fourth-order valence-corrected chi connectivity index (χ4v) is 7.64. The third kappa shape index (κ3) is 3.00. The van der Waals surface area contributed by atoms with E-state index in [-0.39, 0.29) is 40.9 Å². The SMILES string of the molecule is CCC[C@@H]1[C@H]2[C@H]3[C@@H](c4ccc(O)cc4C[C@H]3c3ccccc3)[C@@H](F)C[C@]2(C)C[C@@H]1O. The van der Waals surface area contributed by atoms with E-state index in [4.69, 9.17) is 0 Å². The maximum Gasteiger partial charge on any atom is 0.115 e. The van der Waals surface area contributed by atoms with E-state index in [1.807, 2.05) is 18.2 Å². The first kappa shape index (κ1) is 20.1. The number of fused-ring (bicyclic) bond motifs is 5. The number of benzene rings is 2. The van der Waals surface area contributed by atoms with Crippen molar-refractivity contribution in [2.45, 2.75) is 70.1 Å². The molecule has 0 saturated heterocycles. The van der Waals surface area contributed by atoms with Crippen molar-refractivity contribution in [2.24, 2.45) is 23.2 Å². The summed E-state index contributed by atoms with van der Waals surface area (Å²) in [4.78, 5) is 0. The Morgan fingerprint density at radius 2 is 1.87 bits per heavy atom. The van der Waals surface area contributed by atoms with Gasteiger partial charge in [0, 0.05) is 5.92 Å². The van der Waals surface area contributed by atoms with Crippen molar-refractivity contribution < 1.29 is 14.6 Å². The highest BCUT2D eigenvalue weighted by molar-refractivity contribution is 5.44. The summed E-state index contributed by atoms with van der Waals surface area (Å²) >= 11 is 0. The van der Waals surface area contributed by atoms with E-state index in [1.165, 1.54) is 5.56 Å². The van der Waals surface area contributed by atoms with Gasteiger partial charge in [-0.3, -0.25) is 0 Å². The van der Waals surface area contributed by atoms with Gasteiger partial charge in [0.2, 0.25) is 0 Å². The van der Waals surface area contributed by atoms with Crippen LogP contribution < -0.4 is 0 Å². The molecular formula is C27H33FO2. The van der Waals surface area contributed by atoms with Gasteiger partial charge in [-0.15, -0.1) is 0 Å². The second-order valence-electron chi connectivity index (χ2n) is 10.3. The molecule has 0 heterocycles. The van der Waals surface area contributed by atoms with Gasteiger partial charge >= 0.3 is 0 Å². The van der Waals surface area contributed by atoms with Gasteiger partial charge in [0.05, 0.1) is 6.10 Å². The molecule has 0 aromatic heterocycles. The van der Waals surface area contributed by atoms with E-state index in [1.54, 1.807) is 6.07 Å². The Morgan fingerprint density at radius 3 is 2.60 bits per heavy atom. The van der Waals surface area contributed by atoms with Crippen LogP contribution in [0.4, 0.5) is 4.39 Å². The van der Waals surface area contributed by atoms with Gasteiger partial charge in [0.15, 0.2) is 0 Å². The molecule has 30 heavy (non-hydrogen) atoms. The lowest BCUT2D eigenvalue weighted by Crippen LogP contribution is -2.50. The lowest BCUT2D eigenvalue weighted by molar-refractivity contribution is -0.0285. The summed E-state index contributed by atoms with van der Waals surface area (Å²) in [5, 5.41) is 21.1. The molecular weight excluding hydrogens is 375 g/mol. The minimum atomic E-state index is -0.918. The maximum atomic E-state index is 16.0. The number of aliphatic hydroxyl groups excluding tert-OH is 1. The van der Waals surface area contributed by atoms with E-state index < -0.39 is 6.17 Å². The summed E-state index contributed by atoms with van der Waals surface area (Å²) in [7, 11) is 0. The highest BCUT2D eigenvalue weighted by Crippen LogP contribution is 2.66. The molecule has 2 saturated carbocycles. The van der Waals surface area contributed by atoms with Gasteiger partial charge in [-0.25, -0.2) is 4.39 Å². The van der Waals surface area contributed by atoms with Crippen molar-refractivity contribution in [3.8, 4) is 5.75 Å². The van der Waals surface area contributed by atoms with Crippen molar-refractivity contribution >= 4 is 0 Å². The summed E-state index contributed by atoms with van der Waals surface area (Å²) in [5.41, 5.74) is 3.27. The molecule has 2 aromatic rings. The third-order valence-electron chi connectivity index (χ3n) is 8.56. The molecule has 0 amide bonds. The molecule has 0 spiro atoms. The largest absolute Gasteiger partial charge is 0.508 e. The first-order valence-electron chi connectivity index (χ1n) is 11.6. The molecule has 0 unspecified atom stereocenters. The smallest absolute Gasteiger partial charge is 0.115 e. The molecule has 3 aliphatic rings. The average Bonchev–Trinajstić information content (AvgIpc) is 2.97. The van der Waals surface area contributed by atoms with E-state index in [9.17, 15) is 10.2 Å². The number of hydrogen-bond donors (Lipinski definition) is 2. The minimum Gasteiger partial charge on any atom is -0.508 e. The zero-order valence-electron chi connectivity index (χ0n) is 18.0. The van der Waals surface area contributed by atoms with Gasteiger partial charge in [0.1, 0.15) is 11.9 Å². The second kappa shape index (κ2) is 7.37. The number of aromatic hydroxyl groups is 1. The van der Waals surface area contributed by atoms with Crippen molar-refractivity contribution in [2.75, 3.05) is 0 Å². The van der Waals surface area contributed by atoms with Gasteiger partial charge in [0.25, 0.3) is 0 Å². The molecule has 0 bridgehead atoms. The minimum absolute atomic E-state index is 0.151. The predicted octanol–water partition coefficient (Wildman–Crippen LogP) is 5.98. The average molecular weight is 409 g/mol. The quantitative estimate of drug-likeness (QED) is 0.656. The molecule has 2 N–H and O–H groups in total. The Balaban J connectivity index is 1.69. The van der Waals surface area contributed by atoms with E-state index in [0.29, 0.717) is 12.3 Å².